The first-order chi connectivity index (χ1) is 9.77. The summed E-state index contributed by atoms with van der Waals surface area (Å²) >= 11 is 5.49. The summed E-state index contributed by atoms with van der Waals surface area (Å²) in [7, 11) is 0. The molecule has 1 N–H and O–H groups in total. The number of rotatable bonds is 4. The standard InChI is InChI=1S/C12H8ClF3N2O3/c13-10-3-1-7(5-9(10)12(14,15)16)17-6-8-2-4-11(21-8)18(19)20/h1-5,17H,6H2. The quantitative estimate of drug-likeness (QED) is 0.666. The molecule has 112 valence electrons. The molecule has 0 amide bonds. The van der Waals surface area contributed by atoms with E-state index in [-0.39, 0.29) is 18.0 Å². The molecule has 0 aliphatic rings. The van der Waals surface area contributed by atoms with Crippen LogP contribution in [-0.4, -0.2) is 4.92 Å². The first kappa shape index (κ1) is 15.2. The van der Waals surface area contributed by atoms with Gasteiger partial charge in [0.25, 0.3) is 0 Å². The van der Waals surface area contributed by atoms with E-state index in [1.54, 1.807) is 0 Å². The Hall–Kier alpha value is -2.22. The highest BCUT2D eigenvalue weighted by molar-refractivity contribution is 6.31. The summed E-state index contributed by atoms with van der Waals surface area (Å²) in [6.45, 7) is 0.00672. The Bertz CT molecular complexity index is 670. The molecule has 2 rings (SSSR count). The van der Waals surface area contributed by atoms with E-state index in [1.807, 2.05) is 0 Å². The number of halogens is 4. The SMILES string of the molecule is O=[N+]([O-])c1ccc(CNc2ccc(Cl)c(C(F)(F)F)c2)o1. The van der Waals surface area contributed by atoms with E-state index in [0.717, 1.165) is 12.1 Å². The third-order valence-corrected chi connectivity index (χ3v) is 2.90. The van der Waals surface area contributed by atoms with Gasteiger partial charge in [0.2, 0.25) is 0 Å². The lowest BCUT2D eigenvalue weighted by Gasteiger charge is -2.11. The minimum Gasteiger partial charge on any atom is -0.404 e. The normalized spacial score (nSPS) is 11.4. The van der Waals surface area contributed by atoms with Gasteiger partial charge in [0.15, 0.2) is 0 Å². The lowest BCUT2D eigenvalue weighted by atomic mass is 10.2. The second-order valence-corrected chi connectivity index (χ2v) is 4.45. The molecule has 0 aliphatic heterocycles. The van der Waals surface area contributed by atoms with Gasteiger partial charge in [0, 0.05) is 5.69 Å². The van der Waals surface area contributed by atoms with Gasteiger partial charge in [-0.3, -0.25) is 10.1 Å². The minimum absolute atomic E-state index is 0.00672. The number of nitrogens with one attached hydrogen (secondary N) is 1. The van der Waals surface area contributed by atoms with Gasteiger partial charge in [0.05, 0.1) is 23.2 Å². The number of benzene rings is 1. The van der Waals surface area contributed by atoms with Gasteiger partial charge in [-0.15, -0.1) is 0 Å². The predicted molar refractivity (Wildman–Crippen MR) is 69.1 cm³/mol. The number of alkyl halides is 3. The molecular weight excluding hydrogens is 313 g/mol. The number of hydrogen-bond acceptors (Lipinski definition) is 4. The second kappa shape index (κ2) is 5.65. The monoisotopic (exact) mass is 320 g/mol. The molecule has 1 heterocycles. The first-order valence-electron chi connectivity index (χ1n) is 5.61. The van der Waals surface area contributed by atoms with E-state index in [9.17, 15) is 23.3 Å². The van der Waals surface area contributed by atoms with Crippen LogP contribution < -0.4 is 5.32 Å². The lowest BCUT2D eigenvalue weighted by molar-refractivity contribution is -0.402. The Morgan fingerprint density at radius 1 is 1.29 bits per heavy atom. The van der Waals surface area contributed by atoms with Crippen molar-refractivity contribution < 1.29 is 22.5 Å². The van der Waals surface area contributed by atoms with Crippen LogP contribution in [0.4, 0.5) is 24.7 Å². The molecule has 0 fully saturated rings. The molecule has 1 aromatic heterocycles. The van der Waals surface area contributed by atoms with Crippen LogP contribution in [0.5, 0.6) is 0 Å². The number of nitrogens with zero attached hydrogens (tertiary/aromatic N) is 1. The van der Waals surface area contributed by atoms with Gasteiger partial charge in [0.1, 0.15) is 10.7 Å². The van der Waals surface area contributed by atoms with E-state index in [1.165, 1.54) is 18.2 Å². The fraction of sp³-hybridized carbons (Fsp3) is 0.167. The van der Waals surface area contributed by atoms with Gasteiger partial charge >= 0.3 is 12.1 Å². The molecule has 0 spiro atoms. The largest absolute Gasteiger partial charge is 0.433 e. The smallest absolute Gasteiger partial charge is 0.404 e. The summed E-state index contributed by atoms with van der Waals surface area (Å²) < 4.78 is 42.9. The van der Waals surface area contributed by atoms with E-state index in [2.05, 4.69) is 5.32 Å². The van der Waals surface area contributed by atoms with Crippen molar-refractivity contribution in [3.05, 3.63) is 56.8 Å². The van der Waals surface area contributed by atoms with Crippen molar-refractivity contribution in [1.82, 2.24) is 0 Å². The highest BCUT2D eigenvalue weighted by Gasteiger charge is 2.33. The number of nitro groups is 1. The lowest BCUT2D eigenvalue weighted by Crippen LogP contribution is -2.07. The zero-order chi connectivity index (χ0) is 15.6. The van der Waals surface area contributed by atoms with Gasteiger partial charge in [-0.2, -0.15) is 13.2 Å². The van der Waals surface area contributed by atoms with Crippen molar-refractivity contribution in [3.63, 3.8) is 0 Å². The topological polar surface area (TPSA) is 68.3 Å². The van der Waals surface area contributed by atoms with Crippen molar-refractivity contribution in [1.29, 1.82) is 0 Å². The molecule has 21 heavy (non-hydrogen) atoms. The summed E-state index contributed by atoms with van der Waals surface area (Å²) in [5, 5.41) is 12.7. The van der Waals surface area contributed by atoms with Crippen LogP contribution in [0.1, 0.15) is 11.3 Å². The van der Waals surface area contributed by atoms with Crippen LogP contribution in [0.15, 0.2) is 34.7 Å². The highest BCUT2D eigenvalue weighted by atomic mass is 35.5. The van der Waals surface area contributed by atoms with Crippen LogP contribution in [0, 0.1) is 10.1 Å². The zero-order valence-corrected chi connectivity index (χ0v) is 11.0. The maximum Gasteiger partial charge on any atom is 0.433 e. The van der Waals surface area contributed by atoms with Crippen LogP contribution in [0.3, 0.4) is 0 Å². The van der Waals surface area contributed by atoms with Crippen molar-refractivity contribution >= 4 is 23.2 Å². The molecule has 0 saturated carbocycles. The maximum atomic E-state index is 12.7. The van der Waals surface area contributed by atoms with Crippen molar-refractivity contribution in [2.24, 2.45) is 0 Å². The average Bonchev–Trinajstić information content (AvgIpc) is 2.85. The van der Waals surface area contributed by atoms with E-state index in [0.29, 0.717) is 0 Å². The van der Waals surface area contributed by atoms with Gasteiger partial charge < -0.3 is 9.73 Å². The van der Waals surface area contributed by atoms with E-state index < -0.39 is 27.6 Å². The van der Waals surface area contributed by atoms with Crippen molar-refractivity contribution in [2.75, 3.05) is 5.32 Å². The van der Waals surface area contributed by atoms with Gasteiger partial charge in [-0.25, -0.2) is 0 Å². The van der Waals surface area contributed by atoms with Crippen molar-refractivity contribution in [2.45, 2.75) is 12.7 Å². The fourth-order valence-corrected chi connectivity index (χ4v) is 1.83. The molecule has 0 radical (unpaired) electrons. The van der Waals surface area contributed by atoms with Crippen LogP contribution in [0.2, 0.25) is 5.02 Å². The molecule has 0 unspecified atom stereocenters. The summed E-state index contributed by atoms with van der Waals surface area (Å²) in [6, 6.07) is 5.89. The highest BCUT2D eigenvalue weighted by Crippen LogP contribution is 2.36. The maximum absolute atomic E-state index is 12.7. The van der Waals surface area contributed by atoms with Crippen LogP contribution in [-0.2, 0) is 12.7 Å². The average molecular weight is 321 g/mol. The van der Waals surface area contributed by atoms with Crippen LogP contribution >= 0.6 is 11.6 Å². The molecule has 0 atom stereocenters. The summed E-state index contributed by atoms with van der Waals surface area (Å²) in [6.07, 6.45) is -4.56. The predicted octanol–water partition coefficient (Wildman–Crippen LogP) is 4.47. The molecular formula is C12H8ClF3N2O3. The second-order valence-electron chi connectivity index (χ2n) is 4.04. The number of furan rings is 1. The summed E-state index contributed by atoms with van der Waals surface area (Å²) in [5.74, 6) is -0.205. The molecule has 0 bridgehead atoms. The Kier molecular flexibility index (Phi) is 4.08. The first-order valence-corrected chi connectivity index (χ1v) is 5.99. The van der Waals surface area contributed by atoms with Crippen molar-refractivity contribution in [3.8, 4) is 0 Å². The van der Waals surface area contributed by atoms with Gasteiger partial charge in [-0.1, -0.05) is 11.6 Å². The van der Waals surface area contributed by atoms with E-state index in [4.69, 9.17) is 16.0 Å². The minimum atomic E-state index is -4.56. The third-order valence-electron chi connectivity index (χ3n) is 2.57. The Morgan fingerprint density at radius 3 is 2.57 bits per heavy atom. The van der Waals surface area contributed by atoms with E-state index >= 15 is 0 Å². The molecule has 0 aliphatic carbocycles. The Balaban J connectivity index is 2.11. The molecule has 5 nitrogen and oxygen atoms in total. The summed E-state index contributed by atoms with van der Waals surface area (Å²) in [4.78, 5) is 9.73. The molecule has 0 saturated heterocycles. The Labute approximate surface area is 121 Å². The molecule has 9 heteroatoms. The molecule has 2 aromatic rings. The zero-order valence-electron chi connectivity index (χ0n) is 10.3. The Morgan fingerprint density at radius 2 is 2.00 bits per heavy atom. The third kappa shape index (κ3) is 3.66. The number of hydrogen-bond donors (Lipinski definition) is 1. The van der Waals surface area contributed by atoms with Gasteiger partial charge in [-0.05, 0) is 24.3 Å². The molecule has 1 aromatic carbocycles. The summed E-state index contributed by atoms with van der Waals surface area (Å²) in [5.41, 5.74) is -0.787. The van der Waals surface area contributed by atoms with Crippen LogP contribution in [0.25, 0.3) is 0 Å². The number of anilines is 1. The fourth-order valence-electron chi connectivity index (χ4n) is 1.60.